The molecule has 1 aromatic carbocycles. The zero-order valence-corrected chi connectivity index (χ0v) is 31.7. The van der Waals surface area contributed by atoms with Crippen molar-refractivity contribution in [1.82, 2.24) is 0 Å². The zero-order valence-electron chi connectivity index (χ0n) is 31.7. The number of rotatable bonds is 5. The minimum atomic E-state index is -1.49. The van der Waals surface area contributed by atoms with Crippen molar-refractivity contribution in [3.8, 4) is 0 Å². The van der Waals surface area contributed by atoms with E-state index in [0.717, 1.165) is 38.5 Å². The first-order valence-electron chi connectivity index (χ1n) is 19.0. The number of esters is 2. The van der Waals surface area contributed by atoms with E-state index in [9.17, 15) is 30.0 Å². The van der Waals surface area contributed by atoms with Crippen molar-refractivity contribution in [2.75, 3.05) is 6.61 Å². The maximum atomic E-state index is 13.9. The number of aliphatic hydroxyl groups excluding tert-OH is 4. The topological polar surface area (TPSA) is 134 Å². The molecule has 5 fully saturated rings. The van der Waals surface area contributed by atoms with Crippen LogP contribution in [-0.2, 0) is 14.3 Å². The van der Waals surface area contributed by atoms with Crippen molar-refractivity contribution >= 4 is 11.9 Å². The van der Waals surface area contributed by atoms with Crippen LogP contribution < -0.4 is 0 Å². The van der Waals surface area contributed by atoms with Gasteiger partial charge in [-0.3, -0.25) is 0 Å². The molecule has 1 aromatic rings. The van der Waals surface area contributed by atoms with Crippen molar-refractivity contribution in [3.05, 3.63) is 47.5 Å². The molecule has 0 saturated heterocycles. The van der Waals surface area contributed by atoms with Gasteiger partial charge in [0, 0.05) is 16.4 Å². The average Bonchev–Trinajstić information content (AvgIpc) is 3.07. The summed E-state index contributed by atoms with van der Waals surface area (Å²) in [5, 5.41) is 48.1. The first kappa shape index (κ1) is 37.5. The fourth-order valence-electron chi connectivity index (χ4n) is 13.2. The first-order valence-corrected chi connectivity index (χ1v) is 19.0. The summed E-state index contributed by atoms with van der Waals surface area (Å²) in [4.78, 5) is 27.3. The predicted octanol–water partition coefficient (Wildman–Crippen LogP) is 6.49. The lowest BCUT2D eigenvalue weighted by Gasteiger charge is -2.75. The van der Waals surface area contributed by atoms with Crippen LogP contribution in [0.1, 0.15) is 118 Å². The van der Waals surface area contributed by atoms with Crippen LogP contribution in [0.5, 0.6) is 0 Å². The second-order valence-corrected chi connectivity index (χ2v) is 18.9. The van der Waals surface area contributed by atoms with Crippen molar-refractivity contribution < 1.29 is 39.5 Å². The van der Waals surface area contributed by atoms with Crippen LogP contribution in [0.4, 0.5) is 0 Å². The highest BCUT2D eigenvalue weighted by atomic mass is 16.6. The van der Waals surface area contributed by atoms with Crippen LogP contribution >= 0.6 is 0 Å². The van der Waals surface area contributed by atoms with E-state index < -0.39 is 59.2 Å². The standard InChI is InChI=1S/C42H62O8/c1-10-24(2)35(47)49-33-34(50-36(48)25-14-12-11-13-15-25)42(23-43)27(22-37(33,3)4)26-16-17-29-39(7)20-19-30(44)38(5,6)28(39)18-21-40(29,8)41(26,9)31(45)32(42)46/h10-15,26-34,43-46H,16-23H2,1-9H3/b24-10-/t26?,27?,28?,29?,30-,31-,32+,33-,34-,39-,40+,41-,42-/m0/s1. The number of benzene rings is 1. The maximum absolute atomic E-state index is 13.9. The Balaban J connectivity index is 1.47. The number of ether oxygens (including phenoxy) is 2. The Morgan fingerprint density at radius 1 is 0.820 bits per heavy atom. The predicted molar refractivity (Wildman–Crippen MR) is 191 cm³/mol. The summed E-state index contributed by atoms with van der Waals surface area (Å²) >= 11 is 0. The summed E-state index contributed by atoms with van der Waals surface area (Å²) in [6.07, 6.45) is 2.10. The fourth-order valence-corrected chi connectivity index (χ4v) is 13.2. The number of hydrogen-bond acceptors (Lipinski definition) is 8. The number of allylic oxidation sites excluding steroid dienone is 1. The lowest BCUT2D eigenvalue weighted by atomic mass is 9.30. The highest BCUT2D eigenvalue weighted by Gasteiger charge is 2.77. The third-order valence-corrected chi connectivity index (χ3v) is 16.3. The summed E-state index contributed by atoms with van der Waals surface area (Å²) < 4.78 is 12.6. The van der Waals surface area contributed by atoms with Crippen LogP contribution in [0.2, 0.25) is 0 Å². The molecule has 6 rings (SSSR count). The fraction of sp³-hybridized carbons (Fsp3) is 0.762. The second-order valence-electron chi connectivity index (χ2n) is 18.9. The molecule has 0 radical (unpaired) electrons. The van der Waals surface area contributed by atoms with Gasteiger partial charge in [0.15, 0.2) is 6.10 Å². The summed E-state index contributed by atoms with van der Waals surface area (Å²) in [7, 11) is 0. The average molecular weight is 695 g/mol. The number of hydrogen-bond donors (Lipinski definition) is 4. The van der Waals surface area contributed by atoms with Gasteiger partial charge < -0.3 is 29.9 Å². The quantitative estimate of drug-likeness (QED) is 0.203. The molecule has 278 valence electrons. The van der Waals surface area contributed by atoms with Gasteiger partial charge in [0.1, 0.15) is 6.10 Å². The number of carbonyl (C=O) groups excluding carboxylic acids is 2. The van der Waals surface area contributed by atoms with E-state index in [1.807, 2.05) is 13.8 Å². The summed E-state index contributed by atoms with van der Waals surface area (Å²) in [5.41, 5.74) is -2.80. The highest BCUT2D eigenvalue weighted by molar-refractivity contribution is 5.90. The Kier molecular flexibility index (Phi) is 9.31. The lowest BCUT2D eigenvalue weighted by molar-refractivity contribution is -0.340. The Morgan fingerprint density at radius 2 is 1.48 bits per heavy atom. The van der Waals surface area contributed by atoms with Crippen molar-refractivity contribution in [1.29, 1.82) is 0 Å². The van der Waals surface area contributed by atoms with Crippen molar-refractivity contribution in [2.45, 2.75) is 138 Å². The Labute approximate surface area is 299 Å². The van der Waals surface area contributed by atoms with Crippen LogP contribution in [0, 0.1) is 56.2 Å². The lowest BCUT2D eigenvalue weighted by Crippen LogP contribution is -2.78. The second kappa shape index (κ2) is 12.4. The zero-order chi connectivity index (χ0) is 36.8. The molecule has 0 aromatic heterocycles. The molecule has 0 bridgehead atoms. The van der Waals surface area contributed by atoms with Gasteiger partial charge in [-0.25, -0.2) is 9.59 Å². The normalized spacial score (nSPS) is 46.3. The SMILES string of the molecule is C/C=C(/C)C(=O)O[C@H]1[C@H](OC(=O)c2ccccc2)[C@@]2(CO)C(CC1(C)C)C1CCC3[C@@]4(C)CC[C@H](O)C(C)(C)C4CC[C@@]3(C)[C@]1(C)[C@@H](O)[C@H]2O. The molecule has 8 nitrogen and oxygen atoms in total. The first-order chi connectivity index (χ1) is 23.3. The van der Waals surface area contributed by atoms with Gasteiger partial charge in [-0.1, -0.05) is 72.7 Å². The molecule has 4 N–H and O–H groups in total. The molecular weight excluding hydrogens is 632 g/mol. The van der Waals surface area contributed by atoms with E-state index >= 15 is 0 Å². The summed E-state index contributed by atoms with van der Waals surface area (Å²) in [5.74, 6) is -1.03. The molecule has 5 saturated carbocycles. The van der Waals surface area contributed by atoms with Crippen LogP contribution in [0.25, 0.3) is 0 Å². The van der Waals surface area contributed by atoms with E-state index in [4.69, 9.17) is 9.47 Å². The minimum absolute atomic E-state index is 0.0383. The molecule has 13 atom stereocenters. The van der Waals surface area contributed by atoms with E-state index in [1.165, 1.54) is 0 Å². The highest BCUT2D eigenvalue weighted by Crippen LogP contribution is 2.77. The molecule has 8 heteroatoms. The smallest absolute Gasteiger partial charge is 0.338 e. The molecule has 0 spiro atoms. The molecule has 5 aliphatic rings. The van der Waals surface area contributed by atoms with Gasteiger partial charge in [-0.05, 0) is 111 Å². The third kappa shape index (κ3) is 4.97. The molecule has 0 amide bonds. The van der Waals surface area contributed by atoms with Crippen LogP contribution in [0.15, 0.2) is 42.0 Å². The van der Waals surface area contributed by atoms with Gasteiger partial charge in [0.2, 0.25) is 0 Å². The van der Waals surface area contributed by atoms with Gasteiger partial charge >= 0.3 is 11.9 Å². The van der Waals surface area contributed by atoms with Crippen molar-refractivity contribution in [2.24, 2.45) is 56.2 Å². The summed E-state index contributed by atoms with van der Waals surface area (Å²) in [6, 6.07) is 8.59. The van der Waals surface area contributed by atoms with Gasteiger partial charge in [0.05, 0.1) is 35.9 Å². The van der Waals surface area contributed by atoms with E-state index in [-0.39, 0.29) is 40.1 Å². The number of carbonyl (C=O) groups is 2. The molecule has 4 unspecified atom stereocenters. The molecule has 0 aliphatic heterocycles. The van der Waals surface area contributed by atoms with E-state index in [1.54, 1.807) is 50.3 Å². The Morgan fingerprint density at radius 3 is 2.10 bits per heavy atom. The van der Waals surface area contributed by atoms with Crippen molar-refractivity contribution in [3.63, 3.8) is 0 Å². The van der Waals surface area contributed by atoms with Gasteiger partial charge in [0.25, 0.3) is 0 Å². The number of fused-ring (bicyclic) bond motifs is 7. The number of aliphatic hydroxyl groups is 4. The molecule has 0 heterocycles. The largest absolute Gasteiger partial charge is 0.454 e. The van der Waals surface area contributed by atoms with Gasteiger partial charge in [-0.2, -0.15) is 0 Å². The Bertz CT molecular complexity index is 1500. The third-order valence-electron chi connectivity index (χ3n) is 16.3. The minimum Gasteiger partial charge on any atom is -0.454 e. The van der Waals surface area contributed by atoms with E-state index in [2.05, 4.69) is 34.6 Å². The molecule has 50 heavy (non-hydrogen) atoms. The molecule has 5 aliphatic carbocycles. The monoisotopic (exact) mass is 694 g/mol. The Hall–Kier alpha value is -2.26. The van der Waals surface area contributed by atoms with E-state index in [0.29, 0.717) is 23.5 Å². The van der Waals surface area contributed by atoms with Gasteiger partial charge in [-0.15, -0.1) is 0 Å². The van der Waals surface area contributed by atoms with Crippen LogP contribution in [-0.4, -0.2) is 69.5 Å². The maximum Gasteiger partial charge on any atom is 0.338 e. The van der Waals surface area contributed by atoms with Crippen LogP contribution in [0.3, 0.4) is 0 Å². The summed E-state index contributed by atoms with van der Waals surface area (Å²) in [6.45, 7) is 18.3. The molecular formula is C42H62O8.